The molecule has 1 aromatic heterocycles. The van der Waals surface area contributed by atoms with E-state index in [0.717, 1.165) is 16.5 Å². The number of pyridine rings is 1. The maximum atomic E-state index is 12.6. The zero-order valence-corrected chi connectivity index (χ0v) is 14.0. The standard InChI is InChI=1S/C18H23N3O3/c1-21(18(23)12-8-14(19)15(22)9-12)10-11-5-6-16(24-2)17-13(11)4-3-7-20-17/h3-7,12,14-15,22H,8-10,19H2,1-2H3/t12-,14+,15+/m0/s1. The van der Waals surface area contributed by atoms with Crippen molar-refractivity contribution < 1.29 is 14.6 Å². The second-order valence-corrected chi connectivity index (χ2v) is 6.42. The summed E-state index contributed by atoms with van der Waals surface area (Å²) >= 11 is 0. The Hall–Kier alpha value is -2.18. The van der Waals surface area contributed by atoms with Crippen LogP contribution >= 0.6 is 0 Å². The predicted molar refractivity (Wildman–Crippen MR) is 91.5 cm³/mol. The Balaban J connectivity index is 1.81. The van der Waals surface area contributed by atoms with Crippen LogP contribution in [-0.2, 0) is 11.3 Å². The Kier molecular flexibility index (Phi) is 4.69. The minimum absolute atomic E-state index is 0.0230. The van der Waals surface area contributed by atoms with Gasteiger partial charge in [0.2, 0.25) is 5.91 Å². The molecule has 3 atom stereocenters. The first-order valence-corrected chi connectivity index (χ1v) is 8.10. The van der Waals surface area contributed by atoms with E-state index in [0.29, 0.717) is 25.1 Å². The van der Waals surface area contributed by atoms with Crippen LogP contribution in [0.25, 0.3) is 10.9 Å². The second-order valence-electron chi connectivity index (χ2n) is 6.42. The van der Waals surface area contributed by atoms with E-state index in [9.17, 15) is 9.90 Å². The van der Waals surface area contributed by atoms with E-state index >= 15 is 0 Å². The van der Waals surface area contributed by atoms with Gasteiger partial charge in [0.25, 0.3) is 0 Å². The van der Waals surface area contributed by atoms with Gasteiger partial charge in [-0.3, -0.25) is 9.78 Å². The number of aliphatic hydroxyl groups is 1. The molecule has 1 aromatic carbocycles. The Morgan fingerprint density at radius 1 is 1.42 bits per heavy atom. The van der Waals surface area contributed by atoms with Crippen LogP contribution in [-0.4, -0.2) is 47.2 Å². The van der Waals surface area contributed by atoms with E-state index in [-0.39, 0.29) is 17.9 Å². The third kappa shape index (κ3) is 3.07. The highest BCUT2D eigenvalue weighted by Crippen LogP contribution is 2.29. The zero-order valence-electron chi connectivity index (χ0n) is 14.0. The van der Waals surface area contributed by atoms with E-state index in [1.54, 1.807) is 25.3 Å². The number of methoxy groups -OCH3 is 1. The van der Waals surface area contributed by atoms with Gasteiger partial charge in [0.1, 0.15) is 11.3 Å². The molecule has 1 amide bonds. The normalized spacial score (nSPS) is 23.4. The van der Waals surface area contributed by atoms with Crippen molar-refractivity contribution in [3.05, 3.63) is 36.0 Å². The number of hydrogen-bond acceptors (Lipinski definition) is 5. The molecular weight excluding hydrogens is 306 g/mol. The highest BCUT2D eigenvalue weighted by Gasteiger charge is 2.36. The largest absolute Gasteiger partial charge is 0.494 e. The van der Waals surface area contributed by atoms with Crippen LogP contribution in [0.15, 0.2) is 30.5 Å². The van der Waals surface area contributed by atoms with Gasteiger partial charge in [0.15, 0.2) is 0 Å². The number of nitrogens with zero attached hydrogens (tertiary/aromatic N) is 2. The summed E-state index contributed by atoms with van der Waals surface area (Å²) in [6, 6.07) is 7.38. The molecule has 0 bridgehead atoms. The topological polar surface area (TPSA) is 88.7 Å². The lowest BCUT2D eigenvalue weighted by Crippen LogP contribution is -2.32. The average molecular weight is 329 g/mol. The fourth-order valence-electron chi connectivity index (χ4n) is 3.40. The molecule has 6 nitrogen and oxygen atoms in total. The molecule has 0 spiro atoms. The highest BCUT2D eigenvalue weighted by molar-refractivity contribution is 5.88. The molecule has 6 heteroatoms. The maximum absolute atomic E-state index is 12.6. The number of benzene rings is 1. The third-order valence-corrected chi connectivity index (χ3v) is 4.75. The van der Waals surface area contributed by atoms with E-state index in [1.807, 2.05) is 24.3 Å². The monoisotopic (exact) mass is 329 g/mol. The van der Waals surface area contributed by atoms with E-state index in [4.69, 9.17) is 10.5 Å². The molecule has 24 heavy (non-hydrogen) atoms. The molecule has 0 radical (unpaired) electrons. The van der Waals surface area contributed by atoms with Crippen molar-refractivity contribution in [2.24, 2.45) is 11.7 Å². The third-order valence-electron chi connectivity index (χ3n) is 4.75. The van der Waals surface area contributed by atoms with Crippen molar-refractivity contribution in [3.8, 4) is 5.75 Å². The van der Waals surface area contributed by atoms with E-state index in [1.165, 1.54) is 0 Å². The number of hydrogen-bond donors (Lipinski definition) is 2. The number of rotatable bonds is 4. The smallest absolute Gasteiger partial charge is 0.225 e. The predicted octanol–water partition coefficient (Wildman–Crippen LogP) is 1.30. The molecule has 2 aromatic rings. The molecule has 1 aliphatic rings. The molecule has 128 valence electrons. The summed E-state index contributed by atoms with van der Waals surface area (Å²) in [7, 11) is 3.40. The number of amides is 1. The van der Waals surface area contributed by atoms with Gasteiger partial charge in [0.05, 0.1) is 13.2 Å². The number of nitrogens with two attached hydrogens (primary N) is 1. The van der Waals surface area contributed by atoms with Crippen molar-refractivity contribution >= 4 is 16.8 Å². The minimum Gasteiger partial charge on any atom is -0.494 e. The van der Waals surface area contributed by atoms with Crippen molar-refractivity contribution in [3.63, 3.8) is 0 Å². The number of carbonyl (C=O) groups excluding carboxylic acids is 1. The van der Waals surface area contributed by atoms with Crippen LogP contribution in [0.5, 0.6) is 5.75 Å². The quantitative estimate of drug-likeness (QED) is 0.883. The van der Waals surface area contributed by atoms with Crippen LogP contribution in [0.4, 0.5) is 0 Å². The summed E-state index contributed by atoms with van der Waals surface area (Å²) in [6.07, 6.45) is 2.12. The molecular formula is C18H23N3O3. The lowest BCUT2D eigenvalue weighted by molar-refractivity contribution is -0.134. The lowest BCUT2D eigenvalue weighted by Gasteiger charge is -2.22. The summed E-state index contributed by atoms with van der Waals surface area (Å²) in [5, 5.41) is 10.7. The first-order chi connectivity index (χ1) is 11.5. The molecule has 1 aliphatic carbocycles. The van der Waals surface area contributed by atoms with Crippen molar-refractivity contribution in [1.29, 1.82) is 0 Å². The van der Waals surface area contributed by atoms with Gasteiger partial charge in [-0.15, -0.1) is 0 Å². The van der Waals surface area contributed by atoms with Crippen LogP contribution in [0.3, 0.4) is 0 Å². The van der Waals surface area contributed by atoms with Gasteiger partial charge in [-0.2, -0.15) is 0 Å². The van der Waals surface area contributed by atoms with Crippen LogP contribution in [0, 0.1) is 5.92 Å². The molecule has 3 N–H and O–H groups in total. The van der Waals surface area contributed by atoms with Gasteiger partial charge in [-0.25, -0.2) is 0 Å². The second kappa shape index (κ2) is 6.75. The molecule has 3 rings (SSSR count). The Labute approximate surface area is 141 Å². The van der Waals surface area contributed by atoms with E-state index < -0.39 is 6.10 Å². The summed E-state index contributed by atoms with van der Waals surface area (Å²) in [4.78, 5) is 18.7. The van der Waals surface area contributed by atoms with Crippen LogP contribution in [0.2, 0.25) is 0 Å². The van der Waals surface area contributed by atoms with Gasteiger partial charge in [-0.1, -0.05) is 12.1 Å². The van der Waals surface area contributed by atoms with Gasteiger partial charge >= 0.3 is 0 Å². The Morgan fingerprint density at radius 2 is 2.21 bits per heavy atom. The van der Waals surface area contributed by atoms with Crippen LogP contribution < -0.4 is 10.5 Å². The molecule has 1 fully saturated rings. The SMILES string of the molecule is COc1ccc(CN(C)C(=O)[C@H]2C[C@@H](N)[C@H](O)C2)c2cccnc12. The number of aliphatic hydroxyl groups excluding tert-OH is 1. The first-order valence-electron chi connectivity index (χ1n) is 8.10. The van der Waals surface area contributed by atoms with Gasteiger partial charge in [0, 0.05) is 37.1 Å². The average Bonchev–Trinajstić information content (AvgIpc) is 2.93. The van der Waals surface area contributed by atoms with Crippen molar-refractivity contribution in [2.75, 3.05) is 14.2 Å². The van der Waals surface area contributed by atoms with Gasteiger partial charge in [-0.05, 0) is 30.5 Å². The first kappa shape index (κ1) is 16.7. The summed E-state index contributed by atoms with van der Waals surface area (Å²) < 4.78 is 5.36. The number of ether oxygens (including phenoxy) is 1. The Morgan fingerprint density at radius 3 is 2.88 bits per heavy atom. The molecule has 0 aliphatic heterocycles. The fourth-order valence-corrected chi connectivity index (χ4v) is 3.40. The fraction of sp³-hybridized carbons (Fsp3) is 0.444. The van der Waals surface area contributed by atoms with Crippen molar-refractivity contribution in [2.45, 2.75) is 31.5 Å². The molecule has 1 saturated carbocycles. The molecule has 1 heterocycles. The van der Waals surface area contributed by atoms with Crippen LogP contribution in [0.1, 0.15) is 18.4 Å². The minimum atomic E-state index is -0.585. The zero-order chi connectivity index (χ0) is 17.3. The van der Waals surface area contributed by atoms with E-state index in [2.05, 4.69) is 4.98 Å². The maximum Gasteiger partial charge on any atom is 0.225 e. The highest BCUT2D eigenvalue weighted by atomic mass is 16.5. The number of fused-ring (bicyclic) bond motifs is 1. The molecule has 0 saturated heterocycles. The summed E-state index contributed by atoms with van der Waals surface area (Å²) in [5.74, 6) is 0.533. The van der Waals surface area contributed by atoms with Gasteiger partial charge < -0.3 is 20.5 Å². The molecule has 0 unspecified atom stereocenters. The number of carbonyl (C=O) groups is 1. The Bertz CT molecular complexity index is 739. The number of aromatic nitrogens is 1. The lowest BCUT2D eigenvalue weighted by atomic mass is 10.0. The summed E-state index contributed by atoms with van der Waals surface area (Å²) in [6.45, 7) is 0.479. The summed E-state index contributed by atoms with van der Waals surface area (Å²) in [5.41, 5.74) is 7.62. The van der Waals surface area contributed by atoms with Crippen molar-refractivity contribution in [1.82, 2.24) is 9.88 Å².